The molecule has 0 aliphatic carbocycles. The first kappa shape index (κ1) is 19.3. The van der Waals surface area contributed by atoms with Gasteiger partial charge >= 0.3 is 5.97 Å². The molecule has 1 aliphatic rings. The molecule has 0 spiro atoms. The second-order valence-corrected chi connectivity index (χ2v) is 7.89. The van der Waals surface area contributed by atoms with Crippen LogP contribution in [-0.4, -0.2) is 34.4 Å². The SMILES string of the molecule is Cc1ccc(NC(=O)C(C)C)cc1NC(=O)CC1(C(=O)O)CCSC1. The van der Waals surface area contributed by atoms with Gasteiger partial charge in [-0.3, -0.25) is 14.4 Å². The molecule has 0 bridgehead atoms. The van der Waals surface area contributed by atoms with E-state index in [0.717, 1.165) is 11.3 Å². The number of aryl methyl sites for hydroxylation is 1. The summed E-state index contributed by atoms with van der Waals surface area (Å²) in [6.45, 7) is 5.45. The Balaban J connectivity index is 2.09. The van der Waals surface area contributed by atoms with Gasteiger partial charge in [-0.05, 0) is 36.8 Å². The van der Waals surface area contributed by atoms with E-state index in [0.29, 0.717) is 23.5 Å². The molecule has 1 fully saturated rings. The molecule has 0 saturated carbocycles. The second-order valence-electron chi connectivity index (χ2n) is 6.79. The van der Waals surface area contributed by atoms with Crippen LogP contribution in [0.5, 0.6) is 0 Å². The first-order valence-electron chi connectivity index (χ1n) is 8.26. The van der Waals surface area contributed by atoms with Crippen LogP contribution < -0.4 is 10.6 Å². The van der Waals surface area contributed by atoms with Gasteiger partial charge in [0.1, 0.15) is 0 Å². The number of carbonyl (C=O) groups is 3. The monoisotopic (exact) mass is 364 g/mol. The van der Waals surface area contributed by atoms with Crippen molar-refractivity contribution in [1.29, 1.82) is 0 Å². The fraction of sp³-hybridized carbons (Fsp3) is 0.500. The zero-order chi connectivity index (χ0) is 18.6. The number of thioether (sulfide) groups is 1. The van der Waals surface area contributed by atoms with E-state index in [1.165, 1.54) is 0 Å². The quantitative estimate of drug-likeness (QED) is 0.721. The van der Waals surface area contributed by atoms with Gasteiger partial charge in [-0.25, -0.2) is 0 Å². The molecular formula is C18H24N2O4S. The van der Waals surface area contributed by atoms with E-state index in [1.807, 2.05) is 13.0 Å². The molecule has 25 heavy (non-hydrogen) atoms. The molecule has 0 aromatic heterocycles. The number of hydrogen-bond acceptors (Lipinski definition) is 4. The summed E-state index contributed by atoms with van der Waals surface area (Å²) in [4.78, 5) is 35.8. The summed E-state index contributed by atoms with van der Waals surface area (Å²) in [5, 5.41) is 15.1. The minimum atomic E-state index is -0.980. The number of rotatable bonds is 6. The van der Waals surface area contributed by atoms with Crippen LogP contribution in [0.25, 0.3) is 0 Å². The van der Waals surface area contributed by atoms with Crippen molar-refractivity contribution in [1.82, 2.24) is 0 Å². The largest absolute Gasteiger partial charge is 0.481 e. The molecule has 1 aromatic carbocycles. The summed E-state index contributed by atoms with van der Waals surface area (Å²) in [5.41, 5.74) is 1.05. The Bertz CT molecular complexity index is 682. The van der Waals surface area contributed by atoms with Crippen molar-refractivity contribution in [2.24, 2.45) is 11.3 Å². The van der Waals surface area contributed by atoms with Crippen molar-refractivity contribution in [3.8, 4) is 0 Å². The summed E-state index contributed by atoms with van der Waals surface area (Å²) in [7, 11) is 0. The molecule has 3 N–H and O–H groups in total. The Morgan fingerprint density at radius 1 is 1.28 bits per heavy atom. The van der Waals surface area contributed by atoms with Crippen molar-refractivity contribution in [3.63, 3.8) is 0 Å². The van der Waals surface area contributed by atoms with E-state index in [4.69, 9.17) is 0 Å². The summed E-state index contributed by atoms with van der Waals surface area (Å²) < 4.78 is 0. The molecule has 2 rings (SSSR count). The van der Waals surface area contributed by atoms with Crippen molar-refractivity contribution >= 4 is 40.9 Å². The molecule has 6 nitrogen and oxygen atoms in total. The van der Waals surface area contributed by atoms with Gasteiger partial charge in [0, 0.05) is 29.5 Å². The summed E-state index contributed by atoms with van der Waals surface area (Å²) >= 11 is 1.56. The van der Waals surface area contributed by atoms with Gasteiger partial charge in [0.15, 0.2) is 0 Å². The van der Waals surface area contributed by atoms with E-state index in [9.17, 15) is 19.5 Å². The average Bonchev–Trinajstić information content (AvgIpc) is 3.00. The van der Waals surface area contributed by atoms with Crippen LogP contribution in [0, 0.1) is 18.3 Å². The number of nitrogens with one attached hydrogen (secondary N) is 2. The van der Waals surface area contributed by atoms with Crippen molar-refractivity contribution in [2.75, 3.05) is 22.1 Å². The fourth-order valence-corrected chi connectivity index (χ4v) is 4.05. The van der Waals surface area contributed by atoms with Crippen molar-refractivity contribution in [3.05, 3.63) is 23.8 Å². The van der Waals surface area contributed by atoms with E-state index >= 15 is 0 Å². The molecular weight excluding hydrogens is 340 g/mol. The Kier molecular flexibility index (Phi) is 6.11. The Hall–Kier alpha value is -2.02. The molecule has 1 aromatic rings. The number of hydrogen-bond donors (Lipinski definition) is 3. The summed E-state index contributed by atoms with van der Waals surface area (Å²) in [6, 6.07) is 5.28. The Morgan fingerprint density at radius 2 is 2.00 bits per heavy atom. The third-order valence-corrected chi connectivity index (χ3v) is 5.61. The zero-order valence-electron chi connectivity index (χ0n) is 14.7. The highest BCUT2D eigenvalue weighted by Crippen LogP contribution is 2.39. The number of aliphatic carboxylic acids is 1. The summed E-state index contributed by atoms with van der Waals surface area (Å²) in [6.07, 6.45) is 0.460. The van der Waals surface area contributed by atoms with Gasteiger partial charge in [-0.1, -0.05) is 19.9 Å². The van der Waals surface area contributed by atoms with Gasteiger partial charge in [-0.15, -0.1) is 0 Å². The molecule has 0 radical (unpaired) electrons. The van der Waals surface area contributed by atoms with Crippen LogP contribution in [0.15, 0.2) is 18.2 Å². The molecule has 7 heteroatoms. The van der Waals surface area contributed by atoms with Crippen LogP contribution in [0.4, 0.5) is 11.4 Å². The molecule has 1 unspecified atom stereocenters. The smallest absolute Gasteiger partial charge is 0.311 e. The topological polar surface area (TPSA) is 95.5 Å². The first-order valence-corrected chi connectivity index (χ1v) is 9.41. The van der Waals surface area contributed by atoms with Crippen LogP contribution in [-0.2, 0) is 14.4 Å². The molecule has 2 amide bonds. The number of benzene rings is 1. The maximum absolute atomic E-state index is 12.4. The van der Waals surface area contributed by atoms with E-state index in [-0.39, 0.29) is 24.2 Å². The maximum Gasteiger partial charge on any atom is 0.311 e. The predicted octanol–water partition coefficient (Wildman–Crippen LogP) is 3.13. The van der Waals surface area contributed by atoms with Crippen LogP contribution in [0.3, 0.4) is 0 Å². The minimum absolute atomic E-state index is 0.0443. The lowest BCUT2D eigenvalue weighted by Crippen LogP contribution is -2.35. The highest BCUT2D eigenvalue weighted by atomic mass is 32.2. The minimum Gasteiger partial charge on any atom is -0.481 e. The van der Waals surface area contributed by atoms with Gasteiger partial charge in [0.05, 0.1) is 5.41 Å². The van der Waals surface area contributed by atoms with Crippen LogP contribution in [0.2, 0.25) is 0 Å². The maximum atomic E-state index is 12.4. The lowest BCUT2D eigenvalue weighted by Gasteiger charge is -2.22. The van der Waals surface area contributed by atoms with Crippen molar-refractivity contribution < 1.29 is 19.5 Å². The fourth-order valence-electron chi connectivity index (χ4n) is 2.61. The van der Waals surface area contributed by atoms with Crippen LogP contribution in [0.1, 0.15) is 32.3 Å². The number of anilines is 2. The molecule has 1 saturated heterocycles. The lowest BCUT2D eigenvalue weighted by molar-refractivity contribution is -0.149. The first-order chi connectivity index (χ1) is 11.7. The van der Waals surface area contributed by atoms with Gasteiger partial charge in [0.25, 0.3) is 0 Å². The van der Waals surface area contributed by atoms with Gasteiger partial charge < -0.3 is 15.7 Å². The molecule has 1 aliphatic heterocycles. The lowest BCUT2D eigenvalue weighted by atomic mass is 9.84. The highest BCUT2D eigenvalue weighted by molar-refractivity contribution is 7.99. The highest BCUT2D eigenvalue weighted by Gasteiger charge is 2.43. The van der Waals surface area contributed by atoms with Gasteiger partial charge in [0.2, 0.25) is 11.8 Å². The number of amides is 2. The molecule has 1 heterocycles. The number of carboxylic acids is 1. The third-order valence-electron chi connectivity index (χ3n) is 4.36. The molecule has 136 valence electrons. The van der Waals surface area contributed by atoms with E-state index in [1.54, 1.807) is 37.7 Å². The van der Waals surface area contributed by atoms with Gasteiger partial charge in [-0.2, -0.15) is 11.8 Å². The standard InChI is InChI=1S/C18H24N2O4S/c1-11(2)16(22)19-13-5-4-12(3)14(8-13)20-15(21)9-18(17(23)24)6-7-25-10-18/h4-5,8,11H,6-7,9-10H2,1-3H3,(H,19,22)(H,20,21)(H,23,24). The predicted molar refractivity (Wildman–Crippen MR) is 99.9 cm³/mol. The third kappa shape index (κ3) is 4.75. The van der Waals surface area contributed by atoms with E-state index < -0.39 is 11.4 Å². The Labute approximate surface area is 151 Å². The summed E-state index contributed by atoms with van der Waals surface area (Å²) in [5.74, 6) is -0.264. The van der Waals surface area contributed by atoms with Crippen molar-refractivity contribution in [2.45, 2.75) is 33.6 Å². The number of carbonyl (C=O) groups excluding carboxylic acids is 2. The Morgan fingerprint density at radius 3 is 2.56 bits per heavy atom. The van der Waals surface area contributed by atoms with E-state index in [2.05, 4.69) is 10.6 Å². The molecule has 1 atom stereocenters. The normalized spacial score (nSPS) is 19.7. The zero-order valence-corrected chi connectivity index (χ0v) is 15.5. The second kappa shape index (κ2) is 7.91. The number of carboxylic acid groups (broad SMARTS) is 1. The van der Waals surface area contributed by atoms with Crippen LogP contribution >= 0.6 is 11.8 Å². The average molecular weight is 364 g/mol.